The number of aliphatic carboxylic acids is 1. The second-order valence-electron chi connectivity index (χ2n) is 8.60. The molecule has 2 aliphatic rings. The van der Waals surface area contributed by atoms with Gasteiger partial charge < -0.3 is 14.9 Å². The molecule has 1 fully saturated rings. The largest absolute Gasteiger partial charge is 0.481 e. The van der Waals surface area contributed by atoms with Crippen LogP contribution < -0.4 is 4.90 Å². The number of thioether (sulfide) groups is 1. The zero-order chi connectivity index (χ0) is 22.8. The maximum absolute atomic E-state index is 13.3. The third-order valence-electron chi connectivity index (χ3n) is 6.49. The Morgan fingerprint density at radius 3 is 2.48 bits per heavy atom. The Hall–Kier alpha value is -3.06. The number of aromatic nitrogens is 1. The molecular formula is C26H27N3O3S. The fraction of sp³-hybridized carbons (Fsp3) is 0.346. The van der Waals surface area contributed by atoms with Gasteiger partial charge in [-0.25, -0.2) is 0 Å². The summed E-state index contributed by atoms with van der Waals surface area (Å²) < 4.78 is 0. The predicted molar refractivity (Wildman–Crippen MR) is 131 cm³/mol. The second kappa shape index (κ2) is 9.43. The number of rotatable bonds is 5. The number of carboxylic acid groups (broad SMARTS) is 1. The van der Waals surface area contributed by atoms with Gasteiger partial charge in [0.15, 0.2) is 0 Å². The fourth-order valence-electron chi connectivity index (χ4n) is 4.80. The zero-order valence-electron chi connectivity index (χ0n) is 18.5. The number of piperazine rings is 1. The predicted octanol–water partition coefficient (Wildman–Crippen LogP) is 4.25. The average Bonchev–Trinajstić information content (AvgIpc) is 2.86. The van der Waals surface area contributed by atoms with E-state index in [0.29, 0.717) is 18.7 Å². The van der Waals surface area contributed by atoms with E-state index < -0.39 is 5.97 Å². The summed E-state index contributed by atoms with van der Waals surface area (Å²) in [6.07, 6.45) is 4.04. The smallest absolute Gasteiger partial charge is 0.313 e. The molecule has 170 valence electrons. The van der Waals surface area contributed by atoms with Crippen molar-refractivity contribution in [1.82, 2.24) is 9.88 Å². The van der Waals surface area contributed by atoms with Gasteiger partial charge in [0.25, 0.3) is 5.91 Å². The first-order chi connectivity index (χ1) is 16.1. The van der Waals surface area contributed by atoms with Crippen molar-refractivity contribution in [1.29, 1.82) is 0 Å². The number of hydrogen-bond donors (Lipinski definition) is 1. The number of carbonyl (C=O) groups is 2. The molecule has 1 aliphatic heterocycles. The van der Waals surface area contributed by atoms with Crippen LogP contribution in [0.25, 0.3) is 10.9 Å². The number of nitrogens with zero attached hydrogens (tertiary/aromatic N) is 3. The lowest BCUT2D eigenvalue weighted by molar-refractivity contribution is -0.133. The van der Waals surface area contributed by atoms with E-state index in [4.69, 9.17) is 4.98 Å². The number of carboxylic acids is 1. The van der Waals surface area contributed by atoms with Crippen LogP contribution >= 0.6 is 11.8 Å². The zero-order valence-corrected chi connectivity index (χ0v) is 19.3. The Kier molecular flexibility index (Phi) is 6.22. The van der Waals surface area contributed by atoms with E-state index in [0.717, 1.165) is 60.3 Å². The third-order valence-corrected chi connectivity index (χ3v) is 7.63. The number of pyridine rings is 1. The Morgan fingerprint density at radius 2 is 1.73 bits per heavy atom. The number of para-hydroxylation sites is 1. The molecule has 0 radical (unpaired) electrons. The monoisotopic (exact) mass is 461 g/mol. The van der Waals surface area contributed by atoms with Crippen LogP contribution in [0.15, 0.2) is 53.4 Å². The standard InChI is InChI=1S/C26H27N3O3S/c30-24(31)17-33-25-20-8-4-5-9-22(20)27-23-16-18(10-11-21(23)25)26(32)29-14-12-28(13-15-29)19-6-2-1-3-7-19/h1-3,6-7,10-11,16H,4-5,8-9,12-15,17H2,(H,30,31). The van der Waals surface area contributed by atoms with Crippen molar-refractivity contribution >= 4 is 40.2 Å². The van der Waals surface area contributed by atoms with E-state index >= 15 is 0 Å². The summed E-state index contributed by atoms with van der Waals surface area (Å²) in [5.74, 6) is -0.766. The number of amides is 1. The van der Waals surface area contributed by atoms with Gasteiger partial charge in [-0.05, 0) is 55.5 Å². The van der Waals surface area contributed by atoms with Gasteiger partial charge in [0.2, 0.25) is 0 Å². The minimum Gasteiger partial charge on any atom is -0.481 e. The summed E-state index contributed by atoms with van der Waals surface area (Å²) in [6.45, 7) is 2.99. The summed E-state index contributed by atoms with van der Waals surface area (Å²) >= 11 is 1.37. The molecule has 6 nitrogen and oxygen atoms in total. The van der Waals surface area contributed by atoms with Gasteiger partial charge in [0.05, 0.1) is 11.3 Å². The molecule has 0 saturated carbocycles. The molecule has 0 atom stereocenters. The van der Waals surface area contributed by atoms with E-state index in [1.165, 1.54) is 23.0 Å². The quantitative estimate of drug-likeness (QED) is 0.573. The van der Waals surface area contributed by atoms with Crippen LogP contribution in [0.4, 0.5) is 5.69 Å². The number of benzene rings is 2. The number of carbonyl (C=O) groups excluding carboxylic acids is 1. The highest BCUT2D eigenvalue weighted by molar-refractivity contribution is 8.00. The number of fused-ring (bicyclic) bond motifs is 2. The van der Waals surface area contributed by atoms with E-state index in [2.05, 4.69) is 17.0 Å². The SMILES string of the molecule is O=C(O)CSc1c2c(nc3cc(C(=O)N4CCN(c5ccccc5)CC4)ccc13)CCCC2. The van der Waals surface area contributed by atoms with E-state index in [1.54, 1.807) is 0 Å². The summed E-state index contributed by atoms with van der Waals surface area (Å²) in [6, 6.07) is 16.0. The van der Waals surface area contributed by atoms with E-state index in [9.17, 15) is 14.7 Å². The summed E-state index contributed by atoms with van der Waals surface area (Å²) in [4.78, 5) is 34.6. The van der Waals surface area contributed by atoms with Crippen molar-refractivity contribution < 1.29 is 14.7 Å². The minimum absolute atomic E-state index is 0.0257. The molecule has 1 aliphatic carbocycles. The van der Waals surface area contributed by atoms with Gasteiger partial charge in [0.1, 0.15) is 0 Å². The Bertz CT molecular complexity index is 1190. The molecule has 1 N–H and O–H groups in total. The Balaban J connectivity index is 1.39. The van der Waals surface area contributed by atoms with Crippen molar-refractivity contribution in [3.05, 3.63) is 65.4 Å². The maximum Gasteiger partial charge on any atom is 0.313 e. The van der Waals surface area contributed by atoms with Gasteiger partial charge in [-0.3, -0.25) is 14.6 Å². The summed E-state index contributed by atoms with van der Waals surface area (Å²) in [7, 11) is 0. The van der Waals surface area contributed by atoms with Crippen LogP contribution in [0.2, 0.25) is 0 Å². The Morgan fingerprint density at radius 1 is 0.970 bits per heavy atom. The number of hydrogen-bond acceptors (Lipinski definition) is 5. The molecule has 0 bridgehead atoms. The molecule has 0 spiro atoms. The highest BCUT2D eigenvalue weighted by Gasteiger charge is 2.24. The van der Waals surface area contributed by atoms with Crippen LogP contribution in [0.5, 0.6) is 0 Å². The van der Waals surface area contributed by atoms with Crippen LogP contribution in [0.3, 0.4) is 0 Å². The second-order valence-corrected chi connectivity index (χ2v) is 9.59. The molecule has 2 aromatic carbocycles. The van der Waals surface area contributed by atoms with Gasteiger partial charge in [-0.15, -0.1) is 11.8 Å². The molecule has 7 heteroatoms. The van der Waals surface area contributed by atoms with Gasteiger partial charge in [-0.1, -0.05) is 24.3 Å². The first kappa shape index (κ1) is 21.8. The molecule has 3 aromatic rings. The number of aryl methyl sites for hydroxylation is 1. The minimum atomic E-state index is -0.823. The average molecular weight is 462 g/mol. The molecular weight excluding hydrogens is 434 g/mol. The third kappa shape index (κ3) is 4.55. The molecule has 1 amide bonds. The first-order valence-corrected chi connectivity index (χ1v) is 12.5. The topological polar surface area (TPSA) is 73.7 Å². The maximum atomic E-state index is 13.3. The lowest BCUT2D eigenvalue weighted by Crippen LogP contribution is -2.48. The van der Waals surface area contributed by atoms with Crippen molar-refractivity contribution in [2.45, 2.75) is 30.6 Å². The molecule has 33 heavy (non-hydrogen) atoms. The lowest BCUT2D eigenvalue weighted by Gasteiger charge is -2.36. The highest BCUT2D eigenvalue weighted by atomic mass is 32.2. The van der Waals surface area contributed by atoms with Crippen LogP contribution in [0.1, 0.15) is 34.5 Å². The Labute approximate surface area is 197 Å². The van der Waals surface area contributed by atoms with Crippen molar-refractivity contribution in [2.24, 2.45) is 0 Å². The fourth-order valence-corrected chi connectivity index (χ4v) is 5.79. The van der Waals surface area contributed by atoms with E-state index in [1.807, 2.05) is 41.3 Å². The van der Waals surface area contributed by atoms with Crippen molar-refractivity contribution in [3.8, 4) is 0 Å². The molecule has 2 heterocycles. The summed E-state index contributed by atoms with van der Waals surface area (Å²) in [5.41, 5.74) is 4.87. The number of anilines is 1. The van der Waals surface area contributed by atoms with Gasteiger partial charge >= 0.3 is 5.97 Å². The van der Waals surface area contributed by atoms with Crippen LogP contribution in [-0.2, 0) is 17.6 Å². The summed E-state index contributed by atoms with van der Waals surface area (Å²) in [5, 5.41) is 10.2. The van der Waals surface area contributed by atoms with E-state index in [-0.39, 0.29) is 11.7 Å². The van der Waals surface area contributed by atoms with Crippen molar-refractivity contribution in [3.63, 3.8) is 0 Å². The van der Waals surface area contributed by atoms with Crippen molar-refractivity contribution in [2.75, 3.05) is 36.8 Å². The molecule has 1 saturated heterocycles. The first-order valence-electron chi connectivity index (χ1n) is 11.5. The lowest BCUT2D eigenvalue weighted by atomic mass is 9.94. The van der Waals surface area contributed by atoms with Crippen LogP contribution in [0, 0.1) is 0 Å². The molecule has 1 aromatic heterocycles. The van der Waals surface area contributed by atoms with Crippen LogP contribution in [-0.4, -0.2) is 58.8 Å². The van der Waals surface area contributed by atoms with Gasteiger partial charge in [0, 0.05) is 53.4 Å². The van der Waals surface area contributed by atoms with Gasteiger partial charge in [-0.2, -0.15) is 0 Å². The molecule has 5 rings (SSSR count). The molecule has 0 unspecified atom stereocenters. The highest BCUT2D eigenvalue weighted by Crippen LogP contribution is 2.36. The normalized spacial score (nSPS) is 16.0.